The molecule has 0 heterocycles. The predicted molar refractivity (Wildman–Crippen MR) is 100 cm³/mol. The lowest BCUT2D eigenvalue weighted by atomic mass is 10.0. The Balaban J connectivity index is 1.97. The Morgan fingerprint density at radius 3 is 2.21 bits per heavy atom. The fraction of sp³-hybridized carbons (Fsp3) is 0.350. The lowest BCUT2D eigenvalue weighted by molar-refractivity contribution is -0.682. The molecule has 0 aliphatic heterocycles. The monoisotopic (exact) mass is 345 g/mol. The zero-order chi connectivity index (χ0) is 17.5. The van der Waals surface area contributed by atoms with Crippen LogP contribution in [-0.4, -0.2) is 12.5 Å². The van der Waals surface area contributed by atoms with Gasteiger partial charge in [0.05, 0.1) is 0 Å². The van der Waals surface area contributed by atoms with Crippen LogP contribution < -0.4 is 10.6 Å². The van der Waals surface area contributed by atoms with Gasteiger partial charge >= 0.3 is 0 Å². The summed E-state index contributed by atoms with van der Waals surface area (Å²) in [5, 5.41) is 5.87. The molecular weight excluding hydrogens is 320 g/mol. The summed E-state index contributed by atoms with van der Waals surface area (Å²) in [7, 11) is 0. The second-order valence-electron chi connectivity index (χ2n) is 5.99. The van der Waals surface area contributed by atoms with E-state index < -0.39 is 0 Å². The first kappa shape index (κ1) is 18.5. The minimum Gasteiger partial charge on any atom is -0.333 e. The van der Waals surface area contributed by atoms with Crippen LogP contribution in [0.25, 0.3) is 0 Å². The number of carbonyl (C=O) groups is 1. The molecule has 1 atom stereocenters. The first-order chi connectivity index (χ1) is 11.5. The first-order valence-corrected chi connectivity index (χ1v) is 8.92. The van der Waals surface area contributed by atoms with E-state index >= 15 is 0 Å². The molecule has 0 unspecified atom stereocenters. The maximum absolute atomic E-state index is 12.4. The third kappa shape index (κ3) is 4.83. The Bertz CT molecular complexity index is 660. The molecule has 128 valence electrons. The van der Waals surface area contributed by atoms with Gasteiger partial charge < -0.3 is 10.6 Å². The Kier molecular flexibility index (Phi) is 6.83. The zero-order valence-electron chi connectivity index (χ0n) is 14.6. The van der Waals surface area contributed by atoms with E-state index in [1.165, 1.54) is 11.1 Å². The average molecular weight is 346 g/mol. The highest BCUT2D eigenvalue weighted by atomic mass is 35.5. The number of quaternary nitrogens is 1. The fourth-order valence-electron chi connectivity index (χ4n) is 2.78. The minimum absolute atomic E-state index is 0.0337. The van der Waals surface area contributed by atoms with E-state index in [0.29, 0.717) is 6.54 Å². The maximum Gasteiger partial charge on any atom is 0.279 e. The third-order valence-corrected chi connectivity index (χ3v) is 4.57. The molecular formula is C20H26ClN2O+. The fourth-order valence-corrected chi connectivity index (χ4v) is 2.91. The van der Waals surface area contributed by atoms with Crippen LogP contribution >= 0.6 is 11.6 Å². The van der Waals surface area contributed by atoms with E-state index in [2.05, 4.69) is 44.3 Å². The van der Waals surface area contributed by atoms with E-state index in [1.807, 2.05) is 29.6 Å². The van der Waals surface area contributed by atoms with Crippen molar-refractivity contribution in [2.24, 2.45) is 0 Å². The van der Waals surface area contributed by atoms with Crippen LogP contribution in [0.4, 0.5) is 5.69 Å². The molecule has 1 amide bonds. The van der Waals surface area contributed by atoms with Gasteiger partial charge in [-0.3, -0.25) is 4.79 Å². The highest BCUT2D eigenvalue weighted by Crippen LogP contribution is 2.22. The summed E-state index contributed by atoms with van der Waals surface area (Å²) in [6.07, 6.45) is 1.82. The molecule has 3 N–H and O–H groups in total. The third-order valence-electron chi connectivity index (χ3n) is 4.32. The molecule has 2 rings (SSSR count). The predicted octanol–water partition coefficient (Wildman–Crippen LogP) is 3.73. The normalized spacial score (nSPS) is 12.0. The maximum atomic E-state index is 12.4. The molecule has 0 fully saturated rings. The summed E-state index contributed by atoms with van der Waals surface area (Å²) >= 11 is 5.92. The van der Waals surface area contributed by atoms with Gasteiger partial charge in [0, 0.05) is 16.3 Å². The Labute approximate surface area is 149 Å². The molecule has 0 saturated heterocycles. The van der Waals surface area contributed by atoms with Crippen molar-refractivity contribution in [2.45, 2.75) is 39.7 Å². The van der Waals surface area contributed by atoms with Crippen LogP contribution in [0.15, 0.2) is 42.5 Å². The highest BCUT2D eigenvalue weighted by molar-refractivity contribution is 6.30. The lowest BCUT2D eigenvalue weighted by Gasteiger charge is -2.15. The van der Waals surface area contributed by atoms with Crippen molar-refractivity contribution < 1.29 is 10.1 Å². The van der Waals surface area contributed by atoms with Crippen LogP contribution in [0, 0.1) is 0 Å². The van der Waals surface area contributed by atoms with Gasteiger partial charge in [0.2, 0.25) is 0 Å². The number of nitrogens with two attached hydrogens (primary N) is 1. The Morgan fingerprint density at radius 2 is 1.67 bits per heavy atom. The number of hydrogen-bond acceptors (Lipinski definition) is 1. The van der Waals surface area contributed by atoms with Gasteiger partial charge in [0.25, 0.3) is 5.91 Å². The number of para-hydroxylation sites is 1. The molecule has 0 spiro atoms. The smallest absolute Gasteiger partial charge is 0.279 e. The van der Waals surface area contributed by atoms with Crippen LogP contribution in [0.3, 0.4) is 0 Å². The van der Waals surface area contributed by atoms with Crippen LogP contribution in [0.2, 0.25) is 5.02 Å². The number of amides is 1. The highest BCUT2D eigenvalue weighted by Gasteiger charge is 2.14. The summed E-state index contributed by atoms with van der Waals surface area (Å²) < 4.78 is 0. The largest absolute Gasteiger partial charge is 0.333 e. The van der Waals surface area contributed by atoms with Crippen molar-refractivity contribution in [3.05, 3.63) is 64.2 Å². The number of rotatable bonds is 7. The molecule has 0 aliphatic carbocycles. The van der Waals surface area contributed by atoms with Gasteiger partial charge in [-0.1, -0.05) is 55.8 Å². The summed E-state index contributed by atoms with van der Waals surface area (Å²) in [4.78, 5) is 12.4. The van der Waals surface area contributed by atoms with Gasteiger partial charge in [0.1, 0.15) is 6.04 Å². The standard InChI is InChI=1S/C20H25ClN2O/c1-4-15-7-6-8-16(5-2)20(15)23-19(24)13-22-14(3)17-9-11-18(21)12-10-17/h6-12,14,22H,4-5,13H2,1-3H3,(H,23,24)/p+1/t14-/m0/s1. The number of carbonyl (C=O) groups excluding carboxylic acids is 1. The first-order valence-electron chi connectivity index (χ1n) is 8.54. The second kappa shape index (κ2) is 8.86. The molecule has 0 aliphatic rings. The molecule has 0 bridgehead atoms. The number of benzene rings is 2. The van der Waals surface area contributed by atoms with Crippen molar-refractivity contribution in [1.29, 1.82) is 0 Å². The van der Waals surface area contributed by atoms with Crippen molar-refractivity contribution in [3.8, 4) is 0 Å². The van der Waals surface area contributed by atoms with E-state index in [0.717, 1.165) is 29.1 Å². The summed E-state index contributed by atoms with van der Waals surface area (Å²) in [5.74, 6) is 0.0337. The number of nitrogens with one attached hydrogen (secondary N) is 1. The molecule has 4 heteroatoms. The molecule has 0 aromatic heterocycles. The molecule has 0 saturated carbocycles. The van der Waals surface area contributed by atoms with Gasteiger partial charge in [0.15, 0.2) is 6.54 Å². The van der Waals surface area contributed by atoms with Crippen molar-refractivity contribution >= 4 is 23.2 Å². The number of aryl methyl sites for hydroxylation is 2. The number of hydrogen-bond donors (Lipinski definition) is 2. The van der Waals surface area contributed by atoms with Crippen molar-refractivity contribution in [1.82, 2.24) is 0 Å². The Hall–Kier alpha value is -1.84. The topological polar surface area (TPSA) is 45.7 Å². The minimum atomic E-state index is 0.0337. The van der Waals surface area contributed by atoms with E-state index in [1.54, 1.807) is 0 Å². The Morgan fingerprint density at radius 1 is 1.08 bits per heavy atom. The van der Waals surface area contributed by atoms with Crippen LogP contribution in [0.1, 0.15) is 43.5 Å². The van der Waals surface area contributed by atoms with Crippen LogP contribution in [-0.2, 0) is 17.6 Å². The molecule has 2 aromatic carbocycles. The summed E-state index contributed by atoms with van der Waals surface area (Å²) in [6, 6.07) is 14.2. The average Bonchev–Trinajstić information content (AvgIpc) is 2.60. The van der Waals surface area contributed by atoms with Gasteiger partial charge in [-0.2, -0.15) is 0 Å². The van der Waals surface area contributed by atoms with Gasteiger partial charge in [-0.25, -0.2) is 0 Å². The summed E-state index contributed by atoms with van der Waals surface area (Å²) in [6.45, 7) is 6.71. The quantitative estimate of drug-likeness (QED) is 0.789. The lowest BCUT2D eigenvalue weighted by Crippen LogP contribution is -2.86. The SMILES string of the molecule is CCc1cccc(CC)c1NC(=O)C[NH2+][C@@H](C)c1ccc(Cl)cc1. The van der Waals surface area contributed by atoms with E-state index in [-0.39, 0.29) is 11.9 Å². The van der Waals surface area contributed by atoms with E-state index in [4.69, 9.17) is 11.6 Å². The van der Waals surface area contributed by atoms with E-state index in [9.17, 15) is 4.79 Å². The second-order valence-corrected chi connectivity index (χ2v) is 6.42. The van der Waals surface area contributed by atoms with Crippen LogP contribution in [0.5, 0.6) is 0 Å². The van der Waals surface area contributed by atoms with Crippen molar-refractivity contribution in [2.75, 3.05) is 11.9 Å². The van der Waals surface area contributed by atoms with Gasteiger partial charge in [-0.15, -0.1) is 0 Å². The number of halogens is 1. The molecule has 2 aromatic rings. The molecule has 3 nitrogen and oxygen atoms in total. The van der Waals surface area contributed by atoms with Gasteiger partial charge in [-0.05, 0) is 43.0 Å². The zero-order valence-corrected chi connectivity index (χ0v) is 15.4. The van der Waals surface area contributed by atoms with Crippen molar-refractivity contribution in [3.63, 3.8) is 0 Å². The summed E-state index contributed by atoms with van der Waals surface area (Å²) in [5.41, 5.74) is 4.53. The number of anilines is 1. The molecule has 0 radical (unpaired) electrons. The molecule has 24 heavy (non-hydrogen) atoms.